The van der Waals surface area contributed by atoms with Crippen molar-refractivity contribution in [2.45, 2.75) is 26.2 Å². The number of hydrogen-bond acceptors (Lipinski definition) is 5. The Kier molecular flexibility index (Phi) is 3.54. The summed E-state index contributed by atoms with van der Waals surface area (Å²) in [5.74, 6) is 0.730. The van der Waals surface area contributed by atoms with E-state index in [4.69, 9.17) is 0 Å². The molecule has 0 radical (unpaired) electrons. The highest BCUT2D eigenvalue weighted by molar-refractivity contribution is 7.22. The molecular formula is C16H16N4OS2. The lowest BCUT2D eigenvalue weighted by Gasteiger charge is -2.06. The van der Waals surface area contributed by atoms with E-state index in [9.17, 15) is 4.79 Å². The van der Waals surface area contributed by atoms with Crippen LogP contribution in [0.4, 0.5) is 5.82 Å². The maximum absolute atomic E-state index is 12.7. The second kappa shape index (κ2) is 5.58. The number of carbonyl (C=O) groups excluding carboxylic acids is 1. The van der Waals surface area contributed by atoms with Crippen molar-refractivity contribution in [2.75, 3.05) is 5.32 Å². The summed E-state index contributed by atoms with van der Waals surface area (Å²) in [6.07, 6.45) is 3.10. The molecule has 0 saturated heterocycles. The van der Waals surface area contributed by atoms with E-state index in [1.807, 2.05) is 31.5 Å². The van der Waals surface area contributed by atoms with Gasteiger partial charge < -0.3 is 5.32 Å². The number of aryl methyl sites for hydroxylation is 3. The number of thiazole rings is 1. The van der Waals surface area contributed by atoms with Crippen molar-refractivity contribution in [3.8, 4) is 9.88 Å². The number of rotatable bonds is 3. The van der Waals surface area contributed by atoms with Gasteiger partial charge in [-0.1, -0.05) is 6.07 Å². The lowest BCUT2D eigenvalue weighted by molar-refractivity contribution is 0.102. The Morgan fingerprint density at radius 2 is 2.26 bits per heavy atom. The molecule has 1 amide bonds. The third-order valence-electron chi connectivity index (χ3n) is 4.04. The topological polar surface area (TPSA) is 59.8 Å². The molecule has 3 heterocycles. The van der Waals surface area contributed by atoms with E-state index in [-0.39, 0.29) is 5.91 Å². The fourth-order valence-electron chi connectivity index (χ4n) is 2.95. The van der Waals surface area contributed by atoms with E-state index in [2.05, 4.69) is 15.4 Å². The monoisotopic (exact) mass is 344 g/mol. The predicted molar refractivity (Wildman–Crippen MR) is 93.4 cm³/mol. The third-order valence-corrected chi connectivity index (χ3v) is 6.23. The van der Waals surface area contributed by atoms with Gasteiger partial charge >= 0.3 is 0 Å². The first-order valence-corrected chi connectivity index (χ1v) is 9.20. The first-order valence-electron chi connectivity index (χ1n) is 7.51. The smallest absolute Gasteiger partial charge is 0.268 e. The quantitative estimate of drug-likeness (QED) is 0.789. The minimum Gasteiger partial charge on any atom is -0.306 e. The summed E-state index contributed by atoms with van der Waals surface area (Å²) < 4.78 is 1.78. The number of thiophene rings is 1. The average Bonchev–Trinajstić information content (AvgIpc) is 3.25. The van der Waals surface area contributed by atoms with E-state index in [0.717, 1.165) is 46.4 Å². The molecule has 0 aromatic carbocycles. The molecule has 1 aliphatic rings. The van der Waals surface area contributed by atoms with Crippen molar-refractivity contribution in [2.24, 2.45) is 7.05 Å². The Balaban J connectivity index is 1.63. The summed E-state index contributed by atoms with van der Waals surface area (Å²) in [5.41, 5.74) is 3.07. The number of hydrogen-bond donors (Lipinski definition) is 1. The highest BCUT2D eigenvalue weighted by atomic mass is 32.1. The van der Waals surface area contributed by atoms with Gasteiger partial charge in [-0.05, 0) is 37.6 Å². The minimum atomic E-state index is -0.0968. The SMILES string of the molecule is Cc1nc(-c2cccs2)sc1C(=O)Nc1c2c(nn1C)CCC2. The molecule has 118 valence electrons. The number of amides is 1. The molecular weight excluding hydrogens is 328 g/mol. The van der Waals surface area contributed by atoms with Crippen LogP contribution in [0.5, 0.6) is 0 Å². The van der Waals surface area contributed by atoms with E-state index >= 15 is 0 Å². The van der Waals surface area contributed by atoms with Gasteiger partial charge in [0, 0.05) is 12.6 Å². The highest BCUT2D eigenvalue weighted by Crippen LogP contribution is 2.32. The van der Waals surface area contributed by atoms with Crippen molar-refractivity contribution in [3.63, 3.8) is 0 Å². The normalized spacial score (nSPS) is 13.3. The standard InChI is InChI=1S/C16H16N4OS2/c1-9-13(23-16(17-9)12-7-4-8-22-12)15(21)18-14-10-5-3-6-11(10)19-20(14)2/h4,7-8H,3,5-6H2,1-2H3,(H,18,21). The van der Waals surface area contributed by atoms with Crippen molar-refractivity contribution in [1.29, 1.82) is 0 Å². The molecule has 4 rings (SSSR count). The molecule has 0 saturated carbocycles. The first kappa shape index (κ1) is 14.6. The number of aromatic nitrogens is 3. The van der Waals surface area contributed by atoms with Crippen molar-refractivity contribution >= 4 is 34.4 Å². The molecule has 7 heteroatoms. The molecule has 3 aromatic heterocycles. The average molecular weight is 344 g/mol. The summed E-state index contributed by atoms with van der Waals surface area (Å²) in [7, 11) is 1.88. The number of nitrogens with zero attached hydrogens (tertiary/aromatic N) is 3. The van der Waals surface area contributed by atoms with Crippen LogP contribution in [0.1, 0.15) is 33.0 Å². The molecule has 0 bridgehead atoms. The molecule has 5 nitrogen and oxygen atoms in total. The van der Waals surface area contributed by atoms with Crippen molar-refractivity contribution < 1.29 is 4.79 Å². The zero-order chi connectivity index (χ0) is 16.0. The summed E-state index contributed by atoms with van der Waals surface area (Å²) in [4.78, 5) is 19.0. The van der Waals surface area contributed by atoms with E-state index < -0.39 is 0 Å². The molecule has 3 aromatic rings. The summed E-state index contributed by atoms with van der Waals surface area (Å²) >= 11 is 3.08. The second-order valence-electron chi connectivity index (χ2n) is 5.62. The molecule has 0 unspecified atom stereocenters. The summed E-state index contributed by atoms with van der Waals surface area (Å²) in [5, 5.41) is 10.5. The van der Waals surface area contributed by atoms with Gasteiger partial charge in [0.25, 0.3) is 5.91 Å². The van der Waals surface area contributed by atoms with Crippen LogP contribution < -0.4 is 5.32 Å². The zero-order valence-corrected chi connectivity index (χ0v) is 14.6. The number of carbonyl (C=O) groups is 1. The highest BCUT2D eigenvalue weighted by Gasteiger charge is 2.24. The Morgan fingerprint density at radius 1 is 1.39 bits per heavy atom. The lowest BCUT2D eigenvalue weighted by Crippen LogP contribution is -2.15. The fraction of sp³-hybridized carbons (Fsp3) is 0.312. The number of nitrogens with one attached hydrogen (secondary N) is 1. The van der Waals surface area contributed by atoms with Crippen LogP contribution >= 0.6 is 22.7 Å². The minimum absolute atomic E-state index is 0.0968. The van der Waals surface area contributed by atoms with Gasteiger partial charge in [0.15, 0.2) is 0 Å². The maximum Gasteiger partial charge on any atom is 0.268 e. The molecule has 1 N–H and O–H groups in total. The van der Waals surface area contributed by atoms with Crippen LogP contribution in [0, 0.1) is 6.92 Å². The number of fused-ring (bicyclic) bond motifs is 1. The largest absolute Gasteiger partial charge is 0.306 e. The van der Waals surface area contributed by atoms with Crippen LogP contribution in [0.2, 0.25) is 0 Å². The third kappa shape index (κ3) is 2.49. The van der Waals surface area contributed by atoms with Crippen molar-refractivity contribution in [1.82, 2.24) is 14.8 Å². The van der Waals surface area contributed by atoms with Crippen LogP contribution in [0.15, 0.2) is 17.5 Å². The van der Waals surface area contributed by atoms with Crippen LogP contribution in [0.3, 0.4) is 0 Å². The van der Waals surface area contributed by atoms with Crippen LogP contribution in [-0.2, 0) is 19.9 Å². The zero-order valence-electron chi connectivity index (χ0n) is 12.9. The summed E-state index contributed by atoms with van der Waals surface area (Å²) in [6.45, 7) is 1.89. The van der Waals surface area contributed by atoms with Crippen molar-refractivity contribution in [3.05, 3.63) is 39.3 Å². The van der Waals surface area contributed by atoms with Gasteiger partial charge in [0.05, 0.1) is 16.3 Å². The lowest BCUT2D eigenvalue weighted by atomic mass is 10.2. The summed E-state index contributed by atoms with van der Waals surface area (Å²) in [6, 6.07) is 4.02. The Labute approximate surface area is 142 Å². The molecule has 0 aliphatic heterocycles. The van der Waals surface area contributed by atoms with Crippen LogP contribution in [0.25, 0.3) is 9.88 Å². The second-order valence-corrected chi connectivity index (χ2v) is 7.56. The van der Waals surface area contributed by atoms with Gasteiger partial charge in [-0.3, -0.25) is 9.48 Å². The van der Waals surface area contributed by atoms with E-state index in [1.165, 1.54) is 16.9 Å². The molecule has 0 atom stereocenters. The maximum atomic E-state index is 12.7. The Hall–Kier alpha value is -1.99. The molecule has 0 spiro atoms. The Morgan fingerprint density at radius 3 is 3.04 bits per heavy atom. The molecule has 1 aliphatic carbocycles. The van der Waals surface area contributed by atoms with Gasteiger partial charge in [0.1, 0.15) is 15.7 Å². The van der Waals surface area contributed by atoms with Crippen LogP contribution in [-0.4, -0.2) is 20.7 Å². The Bertz CT molecular complexity index is 876. The van der Waals surface area contributed by atoms with Gasteiger partial charge in [-0.15, -0.1) is 22.7 Å². The molecule has 0 fully saturated rings. The van der Waals surface area contributed by atoms with Gasteiger partial charge in [-0.2, -0.15) is 5.10 Å². The van der Waals surface area contributed by atoms with E-state index in [1.54, 1.807) is 16.0 Å². The van der Waals surface area contributed by atoms with Gasteiger partial charge in [-0.25, -0.2) is 4.98 Å². The fourth-order valence-corrected chi connectivity index (χ4v) is 4.71. The predicted octanol–water partition coefficient (Wildman–Crippen LogP) is 3.65. The van der Waals surface area contributed by atoms with E-state index in [0.29, 0.717) is 4.88 Å². The first-order chi connectivity index (χ1) is 11.1. The van der Waals surface area contributed by atoms with Gasteiger partial charge in [0.2, 0.25) is 0 Å². The number of anilines is 1. The molecule has 23 heavy (non-hydrogen) atoms.